The van der Waals surface area contributed by atoms with E-state index in [9.17, 15) is 0 Å². The molecule has 0 radical (unpaired) electrons. The Morgan fingerprint density at radius 3 is 2.53 bits per heavy atom. The van der Waals surface area contributed by atoms with Gasteiger partial charge in [-0.15, -0.1) is 0 Å². The Bertz CT molecular complexity index is 450. The first-order chi connectivity index (χ1) is 8.89. The van der Waals surface area contributed by atoms with E-state index in [-0.39, 0.29) is 18.3 Å². The zero-order valence-electron chi connectivity index (χ0n) is 12.1. The molecule has 1 unspecified atom stereocenters. The molecule has 2 aliphatic rings. The first-order valence-electron chi connectivity index (χ1n) is 7.03. The van der Waals surface area contributed by atoms with Crippen molar-refractivity contribution in [2.24, 2.45) is 0 Å². The quantitative estimate of drug-likeness (QED) is 0.785. The Balaban J connectivity index is 1.77. The molecule has 3 rings (SSSR count). The maximum atomic E-state index is 6.01. The van der Waals surface area contributed by atoms with Crippen molar-refractivity contribution in [1.29, 1.82) is 0 Å². The van der Waals surface area contributed by atoms with Gasteiger partial charge in [0.1, 0.15) is 5.82 Å². The second-order valence-electron chi connectivity index (χ2n) is 6.46. The normalized spacial score (nSPS) is 29.1. The topological polar surface area (TPSA) is 59.2 Å². The van der Waals surface area contributed by atoms with Gasteiger partial charge in [-0.05, 0) is 47.1 Å². The molecule has 1 aromatic heterocycles. The molecule has 104 valence electrons. The Kier molecular flexibility index (Phi) is 3.00. The van der Waals surface area contributed by atoms with E-state index in [0.717, 1.165) is 24.4 Å². The molecule has 3 heterocycles. The number of aromatic nitrogens is 2. The highest BCUT2D eigenvalue weighted by Gasteiger charge is 2.52. The van der Waals surface area contributed by atoms with Crippen molar-refractivity contribution in [1.82, 2.24) is 15.3 Å². The second-order valence-corrected chi connectivity index (χ2v) is 6.46. The Morgan fingerprint density at radius 1 is 1.26 bits per heavy atom. The minimum absolute atomic E-state index is 0.311. The fraction of sp³-hybridized carbons (Fsp3) is 0.769. The predicted molar refractivity (Wildman–Crippen MR) is 74.3 cm³/mol. The SMILES string of the molecule is CC1(C)OB(c2cnc(C3CCCN3)[nH]2)OC1(C)C. The first-order valence-corrected chi connectivity index (χ1v) is 7.03. The van der Waals surface area contributed by atoms with Crippen LogP contribution in [0.3, 0.4) is 0 Å². The number of hydrogen-bond donors (Lipinski definition) is 2. The van der Waals surface area contributed by atoms with Gasteiger partial charge in [0.05, 0.1) is 22.8 Å². The number of rotatable bonds is 2. The molecule has 0 amide bonds. The van der Waals surface area contributed by atoms with Gasteiger partial charge in [0.2, 0.25) is 0 Å². The van der Waals surface area contributed by atoms with Crippen LogP contribution in [0.4, 0.5) is 0 Å². The lowest BCUT2D eigenvalue weighted by Gasteiger charge is -2.32. The van der Waals surface area contributed by atoms with Crippen molar-refractivity contribution in [2.75, 3.05) is 6.54 Å². The van der Waals surface area contributed by atoms with Crippen LogP contribution in [-0.4, -0.2) is 34.8 Å². The van der Waals surface area contributed by atoms with E-state index >= 15 is 0 Å². The minimum Gasteiger partial charge on any atom is -0.398 e. The second kappa shape index (κ2) is 4.33. The molecule has 2 saturated heterocycles. The summed E-state index contributed by atoms with van der Waals surface area (Å²) in [6.07, 6.45) is 4.17. The molecule has 1 aromatic rings. The zero-order chi connectivity index (χ0) is 13.7. The van der Waals surface area contributed by atoms with Gasteiger partial charge in [-0.2, -0.15) is 0 Å². The number of H-pyrrole nitrogens is 1. The molecule has 0 spiro atoms. The third-order valence-electron chi connectivity index (χ3n) is 4.51. The summed E-state index contributed by atoms with van der Waals surface area (Å²) in [6.45, 7) is 9.30. The van der Waals surface area contributed by atoms with Crippen LogP contribution in [0, 0.1) is 0 Å². The molecular weight excluding hydrogens is 241 g/mol. The lowest BCUT2D eigenvalue weighted by atomic mass is 9.86. The molecule has 5 nitrogen and oxygen atoms in total. The maximum absolute atomic E-state index is 6.01. The van der Waals surface area contributed by atoms with E-state index < -0.39 is 0 Å². The molecule has 2 fully saturated rings. The number of nitrogens with zero attached hydrogens (tertiary/aromatic N) is 1. The Hall–Kier alpha value is -0.845. The number of nitrogens with one attached hydrogen (secondary N) is 2. The van der Waals surface area contributed by atoms with Crippen molar-refractivity contribution in [3.8, 4) is 0 Å². The molecule has 0 bridgehead atoms. The Morgan fingerprint density at radius 2 is 1.95 bits per heavy atom. The van der Waals surface area contributed by atoms with E-state index in [2.05, 4.69) is 43.0 Å². The van der Waals surface area contributed by atoms with Gasteiger partial charge in [0, 0.05) is 6.20 Å². The van der Waals surface area contributed by atoms with E-state index in [0.29, 0.717) is 6.04 Å². The number of hydrogen-bond acceptors (Lipinski definition) is 4. The molecule has 0 aromatic carbocycles. The molecular formula is C13H22BN3O2. The van der Waals surface area contributed by atoms with Crippen LogP contribution in [-0.2, 0) is 9.31 Å². The monoisotopic (exact) mass is 263 g/mol. The zero-order valence-corrected chi connectivity index (χ0v) is 12.1. The van der Waals surface area contributed by atoms with Crippen LogP contribution in [0.5, 0.6) is 0 Å². The van der Waals surface area contributed by atoms with Crippen LogP contribution in [0.2, 0.25) is 0 Å². The van der Waals surface area contributed by atoms with Gasteiger partial charge in [0.25, 0.3) is 0 Å². The number of aromatic amines is 1. The van der Waals surface area contributed by atoms with E-state index in [1.807, 2.05) is 6.20 Å². The van der Waals surface area contributed by atoms with E-state index in [1.165, 1.54) is 6.42 Å². The molecule has 1 atom stereocenters. The van der Waals surface area contributed by atoms with E-state index in [4.69, 9.17) is 9.31 Å². The molecule has 2 aliphatic heterocycles. The molecule has 0 aliphatic carbocycles. The number of imidazole rings is 1. The molecule has 0 saturated carbocycles. The van der Waals surface area contributed by atoms with Crippen LogP contribution < -0.4 is 10.9 Å². The van der Waals surface area contributed by atoms with Gasteiger partial charge in [0.15, 0.2) is 0 Å². The highest BCUT2D eigenvalue weighted by atomic mass is 16.7. The van der Waals surface area contributed by atoms with Gasteiger partial charge in [-0.3, -0.25) is 0 Å². The Labute approximate surface area is 114 Å². The third-order valence-corrected chi connectivity index (χ3v) is 4.51. The van der Waals surface area contributed by atoms with Crippen molar-refractivity contribution in [2.45, 2.75) is 57.8 Å². The highest BCUT2D eigenvalue weighted by Crippen LogP contribution is 2.36. The predicted octanol–water partition coefficient (Wildman–Crippen LogP) is 1.13. The summed E-state index contributed by atoms with van der Waals surface area (Å²) in [4.78, 5) is 7.81. The lowest BCUT2D eigenvalue weighted by molar-refractivity contribution is 0.00578. The summed E-state index contributed by atoms with van der Waals surface area (Å²) in [6, 6.07) is 0.344. The summed E-state index contributed by atoms with van der Waals surface area (Å²) in [5.74, 6) is 0.988. The van der Waals surface area contributed by atoms with Crippen LogP contribution in [0.15, 0.2) is 6.20 Å². The average Bonchev–Trinajstić information content (AvgIpc) is 3.00. The minimum atomic E-state index is -0.354. The van der Waals surface area contributed by atoms with Crippen molar-refractivity contribution >= 4 is 12.7 Å². The van der Waals surface area contributed by atoms with Gasteiger partial charge in [-0.1, -0.05) is 0 Å². The fourth-order valence-electron chi connectivity index (χ4n) is 2.54. The summed E-state index contributed by atoms with van der Waals surface area (Å²) in [5, 5.41) is 3.43. The van der Waals surface area contributed by atoms with Crippen LogP contribution in [0.25, 0.3) is 0 Å². The van der Waals surface area contributed by atoms with Crippen molar-refractivity contribution < 1.29 is 9.31 Å². The highest BCUT2D eigenvalue weighted by molar-refractivity contribution is 6.61. The summed E-state index contributed by atoms with van der Waals surface area (Å²) >= 11 is 0. The lowest BCUT2D eigenvalue weighted by Crippen LogP contribution is -2.41. The van der Waals surface area contributed by atoms with E-state index in [1.54, 1.807) is 0 Å². The summed E-state index contributed by atoms with van der Waals surface area (Å²) in [7, 11) is -0.354. The smallest absolute Gasteiger partial charge is 0.398 e. The average molecular weight is 263 g/mol. The maximum Gasteiger partial charge on any atom is 0.513 e. The van der Waals surface area contributed by atoms with Crippen molar-refractivity contribution in [3.63, 3.8) is 0 Å². The molecule has 6 heteroatoms. The summed E-state index contributed by atoms with van der Waals surface area (Å²) < 4.78 is 12.0. The summed E-state index contributed by atoms with van der Waals surface area (Å²) in [5.41, 5.74) is 0.283. The standard InChI is InChI=1S/C13H22BN3O2/c1-12(2)13(3,4)19-14(18-12)10-8-16-11(17-10)9-6-5-7-15-9/h8-9,15H,5-7H2,1-4H3,(H,16,17). The van der Waals surface area contributed by atoms with Crippen molar-refractivity contribution in [3.05, 3.63) is 12.0 Å². The van der Waals surface area contributed by atoms with Crippen LogP contribution in [0.1, 0.15) is 52.4 Å². The van der Waals surface area contributed by atoms with Gasteiger partial charge in [-0.25, -0.2) is 4.98 Å². The van der Waals surface area contributed by atoms with Gasteiger partial charge >= 0.3 is 7.12 Å². The molecule has 2 N–H and O–H groups in total. The third kappa shape index (κ3) is 2.22. The molecule has 19 heavy (non-hydrogen) atoms. The van der Waals surface area contributed by atoms with Gasteiger partial charge < -0.3 is 19.6 Å². The fourth-order valence-corrected chi connectivity index (χ4v) is 2.54. The largest absolute Gasteiger partial charge is 0.513 e. The first kappa shape index (κ1) is 13.2. The van der Waals surface area contributed by atoms with Crippen LogP contribution >= 0.6 is 0 Å².